The molecule has 25 heavy (non-hydrogen) atoms. The van der Waals surface area contributed by atoms with Crippen molar-refractivity contribution < 1.29 is 13.2 Å². The topological polar surface area (TPSA) is 119 Å². The van der Waals surface area contributed by atoms with E-state index in [4.69, 9.17) is 0 Å². The van der Waals surface area contributed by atoms with Crippen LogP contribution in [0.15, 0.2) is 47.9 Å². The van der Waals surface area contributed by atoms with Gasteiger partial charge in [-0.1, -0.05) is 29.5 Å². The maximum Gasteiger partial charge on any atom is 0.286 e. The molecule has 3 rings (SSSR count). The van der Waals surface area contributed by atoms with Crippen LogP contribution in [0, 0.1) is 0 Å². The minimum Gasteiger partial charge on any atom is -0.339 e. The molecule has 0 atom stereocenters. The van der Waals surface area contributed by atoms with Gasteiger partial charge in [-0.25, -0.2) is 18.1 Å². The summed E-state index contributed by atoms with van der Waals surface area (Å²) in [5.41, 5.74) is 0.639. The van der Waals surface area contributed by atoms with Crippen molar-refractivity contribution in [3.8, 4) is 0 Å². The van der Waals surface area contributed by atoms with Crippen LogP contribution in [0.4, 0.5) is 5.69 Å². The van der Waals surface area contributed by atoms with Crippen molar-refractivity contribution >= 4 is 33.0 Å². The van der Waals surface area contributed by atoms with Crippen LogP contribution in [-0.2, 0) is 23.6 Å². The van der Waals surface area contributed by atoms with E-state index < -0.39 is 15.9 Å². The highest BCUT2D eigenvalue weighted by atomic mass is 32.2. The molecule has 0 saturated carbocycles. The Morgan fingerprint density at radius 2 is 2.00 bits per heavy atom. The highest BCUT2D eigenvalue weighted by Crippen LogP contribution is 2.14. The molecule has 0 bridgehead atoms. The van der Waals surface area contributed by atoms with Crippen molar-refractivity contribution in [2.75, 3.05) is 5.32 Å². The van der Waals surface area contributed by atoms with Gasteiger partial charge >= 0.3 is 0 Å². The molecule has 0 unspecified atom stereocenters. The van der Waals surface area contributed by atoms with E-state index in [-0.39, 0.29) is 16.6 Å². The van der Waals surface area contributed by atoms with Gasteiger partial charge in [-0.05, 0) is 12.1 Å². The monoisotopic (exact) mass is 378 g/mol. The summed E-state index contributed by atoms with van der Waals surface area (Å²) >= 11 is 1.01. The molecule has 1 amide bonds. The summed E-state index contributed by atoms with van der Waals surface area (Å²) in [6.07, 6.45) is 2.78. The van der Waals surface area contributed by atoms with Crippen LogP contribution >= 0.6 is 11.3 Å². The van der Waals surface area contributed by atoms with E-state index in [9.17, 15) is 13.2 Å². The number of para-hydroxylation sites is 1. The van der Waals surface area contributed by atoms with Crippen molar-refractivity contribution in [1.82, 2.24) is 24.5 Å². The second-order valence-corrected chi connectivity index (χ2v) is 7.80. The molecule has 0 radical (unpaired) electrons. The molecule has 0 spiro atoms. The summed E-state index contributed by atoms with van der Waals surface area (Å²) in [6, 6.07) is 8.94. The largest absolute Gasteiger partial charge is 0.339 e. The molecule has 1 aromatic carbocycles. The average molecular weight is 378 g/mol. The quantitative estimate of drug-likeness (QED) is 0.660. The minimum absolute atomic E-state index is 0.0742. The third-order valence-corrected chi connectivity index (χ3v) is 5.27. The van der Waals surface area contributed by atoms with Crippen molar-refractivity contribution in [1.29, 1.82) is 0 Å². The number of carbonyl (C=O) groups is 1. The van der Waals surface area contributed by atoms with Gasteiger partial charge in [0.25, 0.3) is 15.9 Å². The van der Waals surface area contributed by atoms with Gasteiger partial charge in [-0.2, -0.15) is 0 Å². The molecule has 0 saturated heterocycles. The third-order valence-electron chi connectivity index (χ3n) is 3.06. The SMILES string of the molecule is Cn1cnc(S(=O)(=O)NCc2nnc(C(=O)Nc3ccccc3)s2)c1. The molecule has 0 aliphatic rings. The predicted octanol–water partition coefficient (Wildman–Crippen LogP) is 1.00. The average Bonchev–Trinajstić information content (AvgIpc) is 3.23. The number of amides is 1. The lowest BCUT2D eigenvalue weighted by Crippen LogP contribution is -2.23. The number of carbonyl (C=O) groups excluding carboxylic acids is 1. The Morgan fingerprint density at radius 1 is 1.24 bits per heavy atom. The van der Waals surface area contributed by atoms with E-state index in [0.717, 1.165) is 11.3 Å². The Bertz CT molecular complexity index is 981. The van der Waals surface area contributed by atoms with Gasteiger partial charge in [-0.15, -0.1) is 10.2 Å². The first-order valence-corrected chi connectivity index (χ1v) is 9.40. The zero-order valence-electron chi connectivity index (χ0n) is 13.1. The molecule has 130 valence electrons. The second-order valence-electron chi connectivity index (χ2n) is 5.02. The van der Waals surface area contributed by atoms with Crippen LogP contribution < -0.4 is 10.0 Å². The van der Waals surface area contributed by atoms with E-state index in [2.05, 4.69) is 25.2 Å². The highest BCUT2D eigenvalue weighted by molar-refractivity contribution is 7.89. The Hall–Kier alpha value is -2.63. The van der Waals surface area contributed by atoms with Gasteiger partial charge in [0.15, 0.2) is 5.03 Å². The van der Waals surface area contributed by atoms with Gasteiger partial charge in [0.2, 0.25) is 5.01 Å². The summed E-state index contributed by atoms with van der Waals surface area (Å²) < 4.78 is 28.1. The van der Waals surface area contributed by atoms with Crippen LogP contribution in [0.3, 0.4) is 0 Å². The zero-order valence-corrected chi connectivity index (χ0v) is 14.7. The van der Waals surface area contributed by atoms with Crippen LogP contribution in [0.5, 0.6) is 0 Å². The molecule has 2 aromatic heterocycles. The fraction of sp³-hybridized carbons (Fsp3) is 0.143. The molecular formula is C14H14N6O3S2. The van der Waals surface area contributed by atoms with Gasteiger partial charge in [0.05, 0.1) is 12.9 Å². The van der Waals surface area contributed by atoms with Crippen molar-refractivity contribution in [3.63, 3.8) is 0 Å². The Labute approximate surface area is 147 Å². The van der Waals surface area contributed by atoms with Crippen molar-refractivity contribution in [2.45, 2.75) is 11.6 Å². The number of imidazole rings is 1. The maximum absolute atomic E-state index is 12.1. The van der Waals surface area contributed by atoms with Crippen LogP contribution in [0.25, 0.3) is 0 Å². The normalized spacial score (nSPS) is 11.4. The van der Waals surface area contributed by atoms with E-state index in [0.29, 0.717) is 10.7 Å². The molecular weight excluding hydrogens is 364 g/mol. The predicted molar refractivity (Wildman–Crippen MR) is 91.5 cm³/mol. The molecule has 0 aliphatic carbocycles. The lowest BCUT2D eigenvalue weighted by atomic mass is 10.3. The molecule has 2 N–H and O–H groups in total. The minimum atomic E-state index is -3.74. The number of hydrogen-bond donors (Lipinski definition) is 2. The number of benzene rings is 1. The zero-order chi connectivity index (χ0) is 17.9. The molecule has 11 heteroatoms. The lowest BCUT2D eigenvalue weighted by molar-refractivity contribution is 0.102. The number of nitrogens with zero attached hydrogens (tertiary/aromatic N) is 4. The number of aromatic nitrogens is 4. The summed E-state index contributed by atoms with van der Waals surface area (Å²) in [7, 11) is -2.07. The Morgan fingerprint density at radius 3 is 2.68 bits per heavy atom. The second kappa shape index (κ2) is 7.09. The van der Waals surface area contributed by atoms with Crippen LogP contribution in [-0.4, -0.2) is 34.1 Å². The van der Waals surface area contributed by atoms with E-state index in [1.807, 2.05) is 6.07 Å². The van der Waals surface area contributed by atoms with Crippen LogP contribution in [0.2, 0.25) is 0 Å². The number of nitrogens with one attached hydrogen (secondary N) is 2. The van der Waals surface area contributed by atoms with E-state index >= 15 is 0 Å². The van der Waals surface area contributed by atoms with Gasteiger partial charge < -0.3 is 9.88 Å². The van der Waals surface area contributed by atoms with Crippen molar-refractivity contribution in [2.24, 2.45) is 7.05 Å². The first-order chi connectivity index (χ1) is 11.9. The maximum atomic E-state index is 12.1. The highest BCUT2D eigenvalue weighted by Gasteiger charge is 2.19. The fourth-order valence-corrected chi connectivity index (χ4v) is 3.61. The summed E-state index contributed by atoms with van der Waals surface area (Å²) in [5.74, 6) is -0.400. The van der Waals surface area contributed by atoms with Gasteiger partial charge in [0, 0.05) is 18.9 Å². The first-order valence-electron chi connectivity index (χ1n) is 7.10. The number of anilines is 1. The van der Waals surface area contributed by atoms with Crippen molar-refractivity contribution in [3.05, 3.63) is 52.9 Å². The van der Waals surface area contributed by atoms with E-state index in [1.54, 1.807) is 31.3 Å². The van der Waals surface area contributed by atoms with E-state index in [1.165, 1.54) is 17.1 Å². The smallest absolute Gasteiger partial charge is 0.286 e. The number of sulfonamides is 1. The number of aryl methyl sites for hydroxylation is 1. The fourth-order valence-electron chi connectivity index (χ4n) is 1.88. The summed E-state index contributed by atoms with van der Waals surface area (Å²) in [4.78, 5) is 15.9. The van der Waals surface area contributed by atoms with Gasteiger partial charge in [0.1, 0.15) is 5.01 Å². The lowest BCUT2D eigenvalue weighted by Gasteiger charge is -2.01. The number of hydrogen-bond acceptors (Lipinski definition) is 7. The Balaban J connectivity index is 1.63. The summed E-state index contributed by atoms with van der Waals surface area (Å²) in [5, 5.41) is 10.8. The third kappa shape index (κ3) is 4.26. The Kier molecular flexibility index (Phi) is 4.88. The summed E-state index contributed by atoms with van der Waals surface area (Å²) in [6.45, 7) is -0.0742. The van der Waals surface area contributed by atoms with Gasteiger partial charge in [-0.3, -0.25) is 4.79 Å². The first kappa shape index (κ1) is 17.2. The molecule has 0 aliphatic heterocycles. The van der Waals surface area contributed by atoms with Crippen LogP contribution in [0.1, 0.15) is 14.8 Å². The molecule has 0 fully saturated rings. The molecule has 3 aromatic rings. The molecule has 2 heterocycles. The molecule has 9 nitrogen and oxygen atoms in total. The standard InChI is InChI=1S/C14H14N6O3S2/c1-20-8-12(15-9-20)25(22,23)16-7-11-18-19-14(24-11)13(21)17-10-5-3-2-4-6-10/h2-6,8-9,16H,7H2,1H3,(H,17,21). The number of rotatable bonds is 6.